The lowest BCUT2D eigenvalue weighted by Crippen LogP contribution is -2.37. The van der Waals surface area contributed by atoms with E-state index in [2.05, 4.69) is 56.0 Å². The van der Waals surface area contributed by atoms with E-state index in [-0.39, 0.29) is 11.2 Å². The Bertz CT molecular complexity index is 2030. The molecule has 2 fully saturated rings. The standard InChI is InChI=1S/C20H21ClN2O2S.C11H14ClNO.C9H8BrNOS/c1-20(25-16-4-2-15(21)3-5-16)8-9-23(13-20)10-11-24-17-6-7-18-19(12-17)26-14-22-18;1-11(6-7-13-8-11)14-10-4-2-9(12)3-5-10;10-3-4-12-7-1-2-8-9(5-7)13-6-11-8/h2-7,12,14H,8-11,13H2,1H3;2-5,13H,6-8H2,1H3;1-2,5-6H,3-4H2. The maximum atomic E-state index is 6.21. The maximum Gasteiger partial charge on any atom is 0.120 e. The Labute approximate surface area is 337 Å². The van der Waals surface area contributed by atoms with Crippen LogP contribution in [0, 0.1) is 0 Å². The van der Waals surface area contributed by atoms with Crippen molar-refractivity contribution >= 4 is 82.2 Å². The Balaban J connectivity index is 0.000000150. The van der Waals surface area contributed by atoms with Gasteiger partial charge in [0, 0.05) is 54.4 Å². The highest BCUT2D eigenvalue weighted by Crippen LogP contribution is 2.29. The lowest BCUT2D eigenvalue weighted by molar-refractivity contribution is 0.0935. The molecule has 13 heteroatoms. The SMILES string of the molecule is BrCCOc1ccc2ncsc2c1.CC1(Oc2ccc(Cl)cc2)CCN(CCOc2ccc3ncsc3c2)C1.CC1(Oc2ccc(Cl)cc2)CCNC1. The van der Waals surface area contributed by atoms with Crippen LogP contribution in [0.3, 0.4) is 0 Å². The van der Waals surface area contributed by atoms with Gasteiger partial charge in [-0.3, -0.25) is 4.90 Å². The van der Waals surface area contributed by atoms with Gasteiger partial charge in [-0.1, -0.05) is 39.1 Å². The van der Waals surface area contributed by atoms with Crippen molar-refractivity contribution in [1.29, 1.82) is 0 Å². The number of ether oxygens (including phenoxy) is 4. The van der Waals surface area contributed by atoms with E-state index >= 15 is 0 Å². The average Bonchev–Trinajstić information content (AvgIpc) is 3.98. The van der Waals surface area contributed by atoms with Gasteiger partial charge in [0.25, 0.3) is 0 Å². The van der Waals surface area contributed by atoms with E-state index in [1.54, 1.807) is 22.7 Å². The van der Waals surface area contributed by atoms with Crippen molar-refractivity contribution in [2.24, 2.45) is 0 Å². The Kier molecular flexibility index (Phi) is 14.1. The van der Waals surface area contributed by atoms with Gasteiger partial charge in [-0.2, -0.15) is 0 Å². The Morgan fingerprint density at radius 2 is 1.25 bits per heavy atom. The fourth-order valence-electron chi connectivity index (χ4n) is 6.05. The quantitative estimate of drug-likeness (QED) is 0.129. The molecular weight excluding hydrogens is 815 g/mol. The molecular formula is C40H43BrCl2N4O4S2. The molecule has 2 aliphatic heterocycles. The number of halogens is 3. The number of hydrogen-bond acceptors (Lipinski definition) is 10. The highest BCUT2D eigenvalue weighted by Gasteiger charge is 2.35. The summed E-state index contributed by atoms with van der Waals surface area (Å²) < 4.78 is 25.8. The number of hydrogen-bond donors (Lipinski definition) is 1. The molecule has 2 aromatic heterocycles. The summed E-state index contributed by atoms with van der Waals surface area (Å²) >= 11 is 18.3. The number of likely N-dealkylation sites (tertiary alicyclic amines) is 1. The van der Waals surface area contributed by atoms with E-state index in [1.165, 1.54) is 4.70 Å². The van der Waals surface area contributed by atoms with Gasteiger partial charge in [-0.15, -0.1) is 22.7 Å². The predicted molar refractivity (Wildman–Crippen MR) is 224 cm³/mol. The molecule has 53 heavy (non-hydrogen) atoms. The van der Waals surface area contributed by atoms with Crippen LogP contribution in [0.1, 0.15) is 26.7 Å². The third-order valence-corrected chi connectivity index (χ3v) is 11.2. The van der Waals surface area contributed by atoms with Crippen molar-refractivity contribution in [2.75, 3.05) is 51.3 Å². The number of fused-ring (bicyclic) bond motifs is 2. The molecule has 2 atom stereocenters. The highest BCUT2D eigenvalue weighted by molar-refractivity contribution is 9.09. The first-order valence-corrected chi connectivity index (χ1v) is 21.1. The molecule has 1 N–H and O–H groups in total. The summed E-state index contributed by atoms with van der Waals surface area (Å²) in [7, 11) is 0. The topological polar surface area (TPSA) is 78.0 Å². The molecule has 2 saturated heterocycles. The molecule has 8 nitrogen and oxygen atoms in total. The summed E-state index contributed by atoms with van der Waals surface area (Å²) in [6.45, 7) is 10.4. The zero-order chi connectivity index (χ0) is 37.1. The maximum absolute atomic E-state index is 6.21. The van der Waals surface area contributed by atoms with Crippen LogP contribution >= 0.6 is 61.8 Å². The van der Waals surface area contributed by atoms with Crippen LogP contribution in [0.15, 0.2) is 96.0 Å². The minimum atomic E-state index is -0.171. The number of rotatable bonds is 11. The van der Waals surface area contributed by atoms with E-state index in [9.17, 15) is 0 Å². The molecule has 8 rings (SSSR count). The van der Waals surface area contributed by atoms with Crippen molar-refractivity contribution in [3.8, 4) is 23.0 Å². The van der Waals surface area contributed by atoms with Gasteiger partial charge in [0.15, 0.2) is 0 Å². The zero-order valence-electron chi connectivity index (χ0n) is 29.7. The van der Waals surface area contributed by atoms with Gasteiger partial charge in [0.2, 0.25) is 0 Å². The number of thiazole rings is 2. The second-order valence-corrected chi connectivity index (χ2v) is 16.8. The van der Waals surface area contributed by atoms with Gasteiger partial charge in [-0.05, 0) is 105 Å². The van der Waals surface area contributed by atoms with Crippen molar-refractivity contribution in [2.45, 2.75) is 37.9 Å². The molecule has 0 saturated carbocycles. The van der Waals surface area contributed by atoms with E-state index < -0.39 is 0 Å². The van der Waals surface area contributed by atoms with Gasteiger partial charge < -0.3 is 24.3 Å². The van der Waals surface area contributed by atoms with E-state index in [4.69, 9.17) is 42.1 Å². The first-order chi connectivity index (χ1) is 25.7. The molecule has 0 amide bonds. The third-order valence-electron chi connectivity index (χ3n) is 8.83. The minimum Gasteiger partial charge on any atom is -0.493 e. The second-order valence-electron chi connectivity index (χ2n) is 13.3. The normalized spacial score (nSPS) is 19.6. The molecule has 4 aromatic carbocycles. The third kappa shape index (κ3) is 11.9. The molecule has 0 radical (unpaired) electrons. The molecule has 0 aliphatic carbocycles. The minimum absolute atomic E-state index is 0.0617. The van der Waals surface area contributed by atoms with Crippen LogP contribution in [0.25, 0.3) is 20.4 Å². The van der Waals surface area contributed by atoms with Crippen LogP contribution in [0.5, 0.6) is 23.0 Å². The summed E-state index contributed by atoms with van der Waals surface area (Å²) in [5.41, 5.74) is 5.54. The zero-order valence-corrected chi connectivity index (χ0v) is 34.5. The van der Waals surface area contributed by atoms with Crippen LogP contribution in [-0.4, -0.2) is 77.3 Å². The number of alkyl halides is 1. The Morgan fingerprint density at radius 1 is 0.717 bits per heavy atom. The average molecular weight is 859 g/mol. The number of aromatic nitrogens is 2. The monoisotopic (exact) mass is 856 g/mol. The van der Waals surface area contributed by atoms with Gasteiger partial charge in [0.05, 0.1) is 38.1 Å². The fraction of sp³-hybridized carbons (Fsp3) is 0.350. The first-order valence-electron chi connectivity index (χ1n) is 17.5. The molecule has 4 heterocycles. The molecule has 2 unspecified atom stereocenters. The van der Waals surface area contributed by atoms with E-state index in [0.29, 0.717) is 13.2 Å². The number of nitrogens with zero attached hydrogens (tertiary/aromatic N) is 3. The van der Waals surface area contributed by atoms with Crippen LogP contribution in [0.2, 0.25) is 10.0 Å². The summed E-state index contributed by atoms with van der Waals surface area (Å²) in [4.78, 5) is 10.9. The van der Waals surface area contributed by atoms with Crippen molar-refractivity contribution < 1.29 is 18.9 Å². The number of nitrogens with one attached hydrogen (secondary N) is 1. The summed E-state index contributed by atoms with van der Waals surface area (Å²) in [6, 6.07) is 27.1. The summed E-state index contributed by atoms with van der Waals surface area (Å²) in [6.07, 6.45) is 2.05. The Hall–Kier alpha value is -3.16. The van der Waals surface area contributed by atoms with E-state index in [1.807, 2.05) is 89.9 Å². The molecule has 280 valence electrons. The molecule has 0 bridgehead atoms. The lowest BCUT2D eigenvalue weighted by atomic mass is 10.1. The van der Waals surface area contributed by atoms with Crippen molar-refractivity contribution in [3.05, 3.63) is 106 Å². The molecule has 2 aliphatic rings. The van der Waals surface area contributed by atoms with Crippen molar-refractivity contribution in [1.82, 2.24) is 20.2 Å². The summed E-state index contributed by atoms with van der Waals surface area (Å²) in [5.74, 6) is 3.57. The Morgan fingerprint density at radius 3 is 1.77 bits per heavy atom. The predicted octanol–water partition coefficient (Wildman–Crippen LogP) is 10.4. The highest BCUT2D eigenvalue weighted by atomic mass is 79.9. The smallest absolute Gasteiger partial charge is 0.120 e. The van der Waals surface area contributed by atoms with Crippen LogP contribution in [0.4, 0.5) is 0 Å². The second kappa shape index (κ2) is 18.9. The van der Waals surface area contributed by atoms with Crippen LogP contribution in [-0.2, 0) is 0 Å². The lowest BCUT2D eigenvalue weighted by Gasteiger charge is -2.26. The summed E-state index contributed by atoms with van der Waals surface area (Å²) in [5, 5.41) is 5.62. The first kappa shape index (κ1) is 39.5. The van der Waals surface area contributed by atoms with Gasteiger partial charge >= 0.3 is 0 Å². The van der Waals surface area contributed by atoms with Crippen molar-refractivity contribution in [3.63, 3.8) is 0 Å². The van der Waals surface area contributed by atoms with Gasteiger partial charge in [0.1, 0.15) is 40.8 Å². The van der Waals surface area contributed by atoms with Gasteiger partial charge in [-0.25, -0.2) is 9.97 Å². The molecule has 0 spiro atoms. The van der Waals surface area contributed by atoms with E-state index in [0.717, 1.165) is 99.7 Å². The number of benzene rings is 4. The van der Waals surface area contributed by atoms with Crippen LogP contribution < -0.4 is 24.3 Å². The molecule has 6 aromatic rings. The fourth-order valence-corrected chi connectivity index (χ4v) is 7.88. The largest absolute Gasteiger partial charge is 0.493 e.